The number of halogens is 5. The summed E-state index contributed by atoms with van der Waals surface area (Å²) in [6, 6.07) is 5.34. The van der Waals surface area contributed by atoms with Gasteiger partial charge in [0.2, 0.25) is 5.91 Å². The molecule has 26 heavy (non-hydrogen) atoms. The second-order valence-corrected chi connectivity index (χ2v) is 5.42. The molecule has 0 aliphatic heterocycles. The van der Waals surface area contributed by atoms with Crippen LogP contribution in [-0.2, 0) is 17.4 Å². The van der Waals surface area contributed by atoms with Crippen LogP contribution in [0.1, 0.15) is 21.5 Å². The molecule has 9 heteroatoms. The molecule has 0 aromatic heterocycles. The maximum absolute atomic E-state index is 13.2. The van der Waals surface area contributed by atoms with Crippen molar-refractivity contribution in [3.8, 4) is 0 Å². The predicted molar refractivity (Wildman–Crippen MR) is 82.0 cm³/mol. The molecule has 138 valence electrons. The van der Waals surface area contributed by atoms with Gasteiger partial charge in [-0.1, -0.05) is 18.2 Å². The SMILES string of the molecule is NC(=O)[C@@H](Cc1ccccc1C(F)(F)F)NC(=O)c1ccc(F)c(F)c1. The van der Waals surface area contributed by atoms with Crippen molar-refractivity contribution in [2.24, 2.45) is 5.73 Å². The Kier molecular flexibility index (Phi) is 5.59. The Labute approximate surface area is 144 Å². The molecular weight excluding hydrogens is 359 g/mol. The minimum absolute atomic E-state index is 0.241. The van der Waals surface area contributed by atoms with E-state index < -0.39 is 47.7 Å². The Bertz CT molecular complexity index is 836. The van der Waals surface area contributed by atoms with Crippen molar-refractivity contribution in [3.63, 3.8) is 0 Å². The molecular formula is C17H13F5N2O2. The van der Waals surface area contributed by atoms with Crippen molar-refractivity contribution in [1.29, 1.82) is 0 Å². The quantitative estimate of drug-likeness (QED) is 0.793. The van der Waals surface area contributed by atoms with E-state index in [1.165, 1.54) is 12.1 Å². The Morgan fingerprint density at radius 3 is 2.27 bits per heavy atom. The lowest BCUT2D eigenvalue weighted by Gasteiger charge is -2.18. The summed E-state index contributed by atoms with van der Waals surface area (Å²) in [5, 5.41) is 2.14. The zero-order valence-corrected chi connectivity index (χ0v) is 13.1. The number of benzene rings is 2. The lowest BCUT2D eigenvalue weighted by atomic mass is 9.99. The normalized spacial score (nSPS) is 12.5. The number of primary amides is 1. The molecule has 0 aliphatic carbocycles. The number of hydrogen-bond acceptors (Lipinski definition) is 2. The van der Waals surface area contributed by atoms with Gasteiger partial charge >= 0.3 is 6.18 Å². The summed E-state index contributed by atoms with van der Waals surface area (Å²) >= 11 is 0. The maximum Gasteiger partial charge on any atom is 0.416 e. The van der Waals surface area contributed by atoms with E-state index >= 15 is 0 Å². The Balaban J connectivity index is 2.24. The van der Waals surface area contributed by atoms with Crippen molar-refractivity contribution >= 4 is 11.8 Å². The van der Waals surface area contributed by atoms with Gasteiger partial charge in [0.15, 0.2) is 11.6 Å². The summed E-state index contributed by atoms with van der Waals surface area (Å²) in [6.07, 6.45) is -5.16. The molecule has 0 unspecified atom stereocenters. The molecule has 0 spiro atoms. The predicted octanol–water partition coefficient (Wildman–Crippen LogP) is 2.81. The molecule has 2 aromatic rings. The molecule has 0 saturated heterocycles. The second-order valence-electron chi connectivity index (χ2n) is 5.42. The molecule has 0 heterocycles. The van der Waals surface area contributed by atoms with Crippen LogP contribution >= 0.6 is 0 Å². The summed E-state index contributed by atoms with van der Waals surface area (Å²) in [5.41, 5.74) is 3.64. The van der Waals surface area contributed by atoms with Crippen LogP contribution in [-0.4, -0.2) is 17.9 Å². The smallest absolute Gasteiger partial charge is 0.368 e. The van der Waals surface area contributed by atoms with Gasteiger partial charge in [-0.25, -0.2) is 8.78 Å². The first-order valence-corrected chi connectivity index (χ1v) is 7.30. The highest BCUT2D eigenvalue weighted by Gasteiger charge is 2.34. The van der Waals surface area contributed by atoms with E-state index in [2.05, 4.69) is 5.32 Å². The van der Waals surface area contributed by atoms with Gasteiger partial charge in [0, 0.05) is 12.0 Å². The molecule has 2 rings (SSSR count). The Morgan fingerprint density at radius 2 is 1.69 bits per heavy atom. The van der Waals surface area contributed by atoms with Gasteiger partial charge < -0.3 is 11.1 Å². The minimum Gasteiger partial charge on any atom is -0.368 e. The molecule has 0 saturated carbocycles. The molecule has 4 nitrogen and oxygen atoms in total. The summed E-state index contributed by atoms with van der Waals surface area (Å²) < 4.78 is 65.2. The first kappa shape index (κ1) is 19.4. The van der Waals surface area contributed by atoms with Crippen LogP contribution in [0, 0.1) is 11.6 Å². The number of hydrogen-bond donors (Lipinski definition) is 2. The monoisotopic (exact) mass is 372 g/mol. The largest absolute Gasteiger partial charge is 0.416 e. The zero-order chi connectivity index (χ0) is 19.5. The lowest BCUT2D eigenvalue weighted by molar-refractivity contribution is -0.138. The van der Waals surface area contributed by atoms with Crippen LogP contribution in [0.4, 0.5) is 22.0 Å². The Hall–Kier alpha value is -2.97. The third-order valence-corrected chi connectivity index (χ3v) is 3.58. The molecule has 2 amide bonds. The Morgan fingerprint density at radius 1 is 1.04 bits per heavy atom. The highest BCUT2D eigenvalue weighted by molar-refractivity contribution is 5.97. The summed E-state index contributed by atoms with van der Waals surface area (Å²) in [6.45, 7) is 0. The first-order chi connectivity index (χ1) is 12.1. The van der Waals surface area contributed by atoms with E-state index in [1.54, 1.807) is 0 Å². The van der Waals surface area contributed by atoms with Crippen LogP contribution < -0.4 is 11.1 Å². The number of rotatable bonds is 5. The molecule has 0 bridgehead atoms. The second kappa shape index (κ2) is 7.51. The van der Waals surface area contributed by atoms with E-state index in [9.17, 15) is 31.5 Å². The highest BCUT2D eigenvalue weighted by Crippen LogP contribution is 2.32. The number of alkyl halides is 3. The van der Waals surface area contributed by atoms with Crippen LogP contribution in [0.3, 0.4) is 0 Å². The van der Waals surface area contributed by atoms with Crippen molar-refractivity contribution in [3.05, 3.63) is 70.8 Å². The summed E-state index contributed by atoms with van der Waals surface area (Å²) in [7, 11) is 0. The number of nitrogens with one attached hydrogen (secondary N) is 1. The van der Waals surface area contributed by atoms with Crippen molar-refractivity contribution in [2.75, 3.05) is 0 Å². The number of carbonyl (C=O) groups is 2. The average Bonchev–Trinajstić information content (AvgIpc) is 2.56. The van der Waals surface area contributed by atoms with E-state index in [-0.39, 0.29) is 11.1 Å². The van der Waals surface area contributed by atoms with Crippen LogP contribution in [0.25, 0.3) is 0 Å². The van der Waals surface area contributed by atoms with Gasteiger partial charge in [0.25, 0.3) is 5.91 Å². The fourth-order valence-corrected chi connectivity index (χ4v) is 2.30. The fourth-order valence-electron chi connectivity index (χ4n) is 2.30. The molecule has 0 fully saturated rings. The van der Waals surface area contributed by atoms with Gasteiger partial charge in [0.05, 0.1) is 5.56 Å². The lowest BCUT2D eigenvalue weighted by Crippen LogP contribution is -2.46. The zero-order valence-electron chi connectivity index (χ0n) is 13.1. The highest BCUT2D eigenvalue weighted by atomic mass is 19.4. The molecule has 0 radical (unpaired) electrons. The van der Waals surface area contributed by atoms with E-state index in [1.807, 2.05) is 0 Å². The van der Waals surface area contributed by atoms with Crippen LogP contribution in [0.5, 0.6) is 0 Å². The third kappa shape index (κ3) is 4.56. The molecule has 3 N–H and O–H groups in total. The molecule has 1 atom stereocenters. The van der Waals surface area contributed by atoms with Crippen molar-refractivity contribution in [2.45, 2.75) is 18.6 Å². The number of amides is 2. The topological polar surface area (TPSA) is 72.2 Å². The standard InChI is InChI=1S/C17H13F5N2O2/c18-12-6-5-10(7-13(12)19)16(26)24-14(15(23)25)8-9-3-1-2-4-11(9)17(20,21)22/h1-7,14H,8H2,(H2,23,25)(H,24,26)/t14-/m1/s1. The van der Waals surface area contributed by atoms with Gasteiger partial charge in [-0.05, 0) is 29.8 Å². The average molecular weight is 372 g/mol. The molecule has 2 aromatic carbocycles. The number of nitrogens with two attached hydrogens (primary N) is 1. The molecule has 0 aliphatic rings. The number of carbonyl (C=O) groups excluding carboxylic acids is 2. The summed E-state index contributed by atoms with van der Waals surface area (Å²) in [5.74, 6) is -4.50. The first-order valence-electron chi connectivity index (χ1n) is 7.30. The van der Waals surface area contributed by atoms with E-state index in [0.29, 0.717) is 12.1 Å². The summed E-state index contributed by atoms with van der Waals surface area (Å²) in [4.78, 5) is 23.6. The van der Waals surface area contributed by atoms with Gasteiger partial charge in [0.1, 0.15) is 6.04 Å². The van der Waals surface area contributed by atoms with Gasteiger partial charge in [-0.15, -0.1) is 0 Å². The van der Waals surface area contributed by atoms with Crippen molar-refractivity contribution in [1.82, 2.24) is 5.32 Å². The fraction of sp³-hybridized carbons (Fsp3) is 0.176. The van der Waals surface area contributed by atoms with Gasteiger partial charge in [-0.3, -0.25) is 9.59 Å². The van der Waals surface area contributed by atoms with E-state index in [0.717, 1.165) is 18.2 Å². The van der Waals surface area contributed by atoms with Crippen LogP contribution in [0.2, 0.25) is 0 Å². The van der Waals surface area contributed by atoms with Crippen molar-refractivity contribution < 1.29 is 31.5 Å². The van der Waals surface area contributed by atoms with Gasteiger partial charge in [-0.2, -0.15) is 13.2 Å². The van der Waals surface area contributed by atoms with E-state index in [4.69, 9.17) is 5.73 Å². The van der Waals surface area contributed by atoms with Crippen LogP contribution in [0.15, 0.2) is 42.5 Å². The third-order valence-electron chi connectivity index (χ3n) is 3.58. The maximum atomic E-state index is 13.2. The minimum atomic E-state index is -4.65.